The van der Waals surface area contributed by atoms with Crippen LogP contribution in [0.2, 0.25) is 0 Å². The molecule has 106 valence electrons. The van der Waals surface area contributed by atoms with Gasteiger partial charge in [-0.1, -0.05) is 0 Å². The van der Waals surface area contributed by atoms with Gasteiger partial charge < -0.3 is 25.6 Å². The number of carbonyl (C=O) groups is 1. The molecule has 8 nitrogen and oxygen atoms in total. The molecule has 0 fully saturated rings. The lowest BCUT2D eigenvalue weighted by molar-refractivity contribution is -0.858. The zero-order chi connectivity index (χ0) is 15.0. The van der Waals surface area contributed by atoms with Crippen molar-refractivity contribution >= 4 is 17.3 Å². The minimum Gasteiger partial charge on any atom is -0.545 e. The minimum atomic E-state index is -1.45. The first-order chi connectivity index (χ1) is 8.79. The molecule has 0 atom stereocenters. The minimum absolute atomic E-state index is 0.172. The summed E-state index contributed by atoms with van der Waals surface area (Å²) >= 11 is 0. The fourth-order valence-electron chi connectivity index (χ4n) is 1.07. The fraction of sp³-hybridized carbons (Fsp3) is 0.364. The summed E-state index contributed by atoms with van der Waals surface area (Å²) in [6.45, 7) is 1.14. The lowest BCUT2D eigenvalue weighted by Crippen LogP contribution is -3.06. The van der Waals surface area contributed by atoms with Crippen LogP contribution < -0.4 is 15.7 Å². The van der Waals surface area contributed by atoms with Crippen molar-refractivity contribution in [1.29, 1.82) is 0 Å². The van der Waals surface area contributed by atoms with Crippen molar-refractivity contribution in [2.24, 2.45) is 0 Å². The number of hydrogen-bond donors (Lipinski definition) is 3. The maximum Gasteiger partial charge on any atom is 0.271 e. The van der Waals surface area contributed by atoms with Gasteiger partial charge in [0.25, 0.3) is 5.69 Å². The van der Waals surface area contributed by atoms with E-state index in [0.717, 1.165) is 24.7 Å². The first kappa shape index (κ1) is 16.8. The molecule has 4 N–H and O–H groups in total. The number of benzene rings is 1. The number of aliphatic hydroxyl groups excluding tert-OH is 1. The molecule has 19 heavy (non-hydrogen) atoms. The first-order valence-corrected chi connectivity index (χ1v) is 5.44. The molecule has 0 saturated heterocycles. The number of carboxylic acids is 1. The highest BCUT2D eigenvalue weighted by Gasteiger charge is 2.08. The molecule has 0 aliphatic heterocycles. The van der Waals surface area contributed by atoms with E-state index in [2.05, 4.69) is 0 Å². The molecule has 1 aromatic carbocycles. The van der Waals surface area contributed by atoms with Crippen molar-refractivity contribution in [3.63, 3.8) is 0 Å². The average Bonchev–Trinajstić information content (AvgIpc) is 2.28. The molecule has 1 aromatic rings. The SMILES string of the molecule is C[NH+](C)CCO.Nc1cc([N+](=O)[O-])ccc1C(=O)[O-]. The van der Waals surface area contributed by atoms with Crippen LogP contribution in [0.4, 0.5) is 11.4 Å². The van der Waals surface area contributed by atoms with Crippen LogP contribution >= 0.6 is 0 Å². The van der Waals surface area contributed by atoms with Gasteiger partial charge in [0, 0.05) is 23.4 Å². The molecule has 0 aliphatic rings. The number of anilines is 1. The molecule has 0 spiro atoms. The van der Waals surface area contributed by atoms with Crippen LogP contribution in [0.5, 0.6) is 0 Å². The predicted octanol–water partition coefficient (Wildman–Crippen LogP) is -2.34. The quantitative estimate of drug-likeness (QED) is 0.319. The number of nitrogens with one attached hydrogen (secondary N) is 1. The Morgan fingerprint density at radius 3 is 2.32 bits per heavy atom. The highest BCUT2D eigenvalue weighted by atomic mass is 16.6. The number of nitro benzene ring substituents is 1. The number of carbonyl (C=O) groups excluding carboxylic acids is 1. The van der Waals surface area contributed by atoms with Crippen LogP contribution in [-0.4, -0.2) is 43.2 Å². The second kappa shape index (κ2) is 8.01. The van der Waals surface area contributed by atoms with Crippen LogP contribution in [0.3, 0.4) is 0 Å². The molecule has 0 radical (unpaired) electrons. The van der Waals surface area contributed by atoms with Crippen molar-refractivity contribution in [3.8, 4) is 0 Å². The highest BCUT2D eigenvalue weighted by Crippen LogP contribution is 2.18. The van der Waals surface area contributed by atoms with E-state index in [-0.39, 0.29) is 16.9 Å². The third-order valence-electron chi connectivity index (χ3n) is 2.08. The summed E-state index contributed by atoms with van der Waals surface area (Å²) in [7, 11) is 4.02. The zero-order valence-corrected chi connectivity index (χ0v) is 10.8. The van der Waals surface area contributed by atoms with E-state index in [0.29, 0.717) is 6.61 Å². The van der Waals surface area contributed by atoms with Gasteiger partial charge in [0.05, 0.1) is 31.6 Å². The van der Waals surface area contributed by atoms with E-state index in [1.807, 2.05) is 14.1 Å². The van der Waals surface area contributed by atoms with E-state index in [4.69, 9.17) is 10.8 Å². The summed E-state index contributed by atoms with van der Waals surface area (Å²) < 4.78 is 0. The molecule has 0 unspecified atom stereocenters. The number of nitro groups is 1. The number of carboxylic acid groups (broad SMARTS) is 1. The Bertz CT molecular complexity index is 448. The van der Waals surface area contributed by atoms with Gasteiger partial charge in [-0.05, 0) is 6.07 Å². The third-order valence-corrected chi connectivity index (χ3v) is 2.08. The molecule has 1 rings (SSSR count). The smallest absolute Gasteiger partial charge is 0.271 e. The Morgan fingerprint density at radius 2 is 2.05 bits per heavy atom. The fourth-order valence-corrected chi connectivity index (χ4v) is 1.07. The zero-order valence-electron chi connectivity index (χ0n) is 10.8. The molecule has 0 aliphatic carbocycles. The van der Waals surface area contributed by atoms with Crippen LogP contribution in [-0.2, 0) is 0 Å². The van der Waals surface area contributed by atoms with Crippen molar-refractivity contribution < 1.29 is 24.8 Å². The molecular formula is C11H17N3O5. The van der Waals surface area contributed by atoms with E-state index in [9.17, 15) is 20.0 Å². The number of aromatic carboxylic acids is 1. The Balaban J connectivity index is 0.000000459. The van der Waals surface area contributed by atoms with Crippen molar-refractivity contribution in [2.45, 2.75) is 0 Å². The summed E-state index contributed by atoms with van der Waals surface area (Å²) in [5.41, 5.74) is 4.57. The van der Waals surface area contributed by atoms with Gasteiger partial charge in [-0.15, -0.1) is 0 Å². The largest absolute Gasteiger partial charge is 0.545 e. The van der Waals surface area contributed by atoms with Crippen LogP contribution in [0, 0.1) is 10.1 Å². The van der Waals surface area contributed by atoms with E-state index >= 15 is 0 Å². The number of quaternary nitrogens is 1. The highest BCUT2D eigenvalue weighted by molar-refractivity contribution is 5.92. The number of likely N-dealkylation sites (N-methyl/N-ethyl adjacent to an activating group) is 1. The number of aliphatic hydroxyl groups is 1. The molecular weight excluding hydrogens is 254 g/mol. The number of nitrogens with zero attached hydrogens (tertiary/aromatic N) is 1. The van der Waals surface area contributed by atoms with Gasteiger partial charge in [0.2, 0.25) is 0 Å². The summed E-state index contributed by atoms with van der Waals surface area (Å²) in [6, 6.07) is 3.08. The predicted molar refractivity (Wildman–Crippen MR) is 66.6 cm³/mol. The lowest BCUT2D eigenvalue weighted by Gasteiger charge is -2.04. The van der Waals surface area contributed by atoms with Gasteiger partial charge in [-0.2, -0.15) is 0 Å². The summed E-state index contributed by atoms with van der Waals surface area (Å²) in [5, 5.41) is 28.8. The number of nitrogen functional groups attached to an aromatic ring is 1. The van der Waals surface area contributed by atoms with Gasteiger partial charge in [-0.3, -0.25) is 10.1 Å². The molecule has 0 amide bonds. The van der Waals surface area contributed by atoms with Crippen molar-refractivity contribution in [2.75, 3.05) is 33.0 Å². The Labute approximate surface area is 110 Å². The maximum atomic E-state index is 10.3. The van der Waals surface area contributed by atoms with Crippen molar-refractivity contribution in [3.05, 3.63) is 33.9 Å². The summed E-state index contributed by atoms with van der Waals surface area (Å²) in [6.07, 6.45) is 0. The van der Waals surface area contributed by atoms with Crippen molar-refractivity contribution in [1.82, 2.24) is 0 Å². The normalized spacial score (nSPS) is 9.68. The monoisotopic (exact) mass is 271 g/mol. The standard InChI is InChI=1S/C7H6N2O4.C4H11NO/c8-6-3-4(9(12)13)1-2-5(6)7(10)11;1-5(2)3-4-6/h1-3H,8H2,(H,10,11);6H,3-4H2,1-2H3. The average molecular weight is 271 g/mol. The molecule has 0 saturated carbocycles. The number of rotatable bonds is 4. The summed E-state index contributed by atoms with van der Waals surface area (Å²) in [5.74, 6) is -1.45. The van der Waals surface area contributed by atoms with Gasteiger partial charge >= 0.3 is 0 Å². The lowest BCUT2D eigenvalue weighted by atomic mass is 10.1. The third kappa shape index (κ3) is 6.34. The first-order valence-electron chi connectivity index (χ1n) is 5.44. The Kier molecular flexibility index (Phi) is 7.08. The topological polar surface area (TPSA) is 134 Å². The number of non-ortho nitro benzene ring substituents is 1. The maximum absolute atomic E-state index is 10.3. The second-order valence-corrected chi connectivity index (χ2v) is 4.00. The van der Waals surface area contributed by atoms with Crippen LogP contribution in [0.25, 0.3) is 0 Å². The molecule has 0 bridgehead atoms. The number of hydrogen-bond acceptors (Lipinski definition) is 6. The van der Waals surface area contributed by atoms with Gasteiger partial charge in [-0.25, -0.2) is 0 Å². The Morgan fingerprint density at radius 1 is 1.47 bits per heavy atom. The Hall–Kier alpha value is -2.19. The van der Waals surface area contributed by atoms with Gasteiger partial charge in [0.15, 0.2) is 0 Å². The summed E-state index contributed by atoms with van der Waals surface area (Å²) in [4.78, 5) is 21.2. The van der Waals surface area contributed by atoms with Crippen LogP contribution in [0.15, 0.2) is 18.2 Å². The van der Waals surface area contributed by atoms with Crippen LogP contribution in [0.1, 0.15) is 10.4 Å². The van der Waals surface area contributed by atoms with E-state index in [1.165, 1.54) is 4.90 Å². The molecule has 0 aromatic heterocycles. The van der Waals surface area contributed by atoms with E-state index < -0.39 is 10.9 Å². The molecule has 8 heteroatoms. The number of nitrogens with two attached hydrogens (primary N) is 1. The molecule has 0 heterocycles. The van der Waals surface area contributed by atoms with E-state index in [1.54, 1.807) is 0 Å². The van der Waals surface area contributed by atoms with Gasteiger partial charge in [0.1, 0.15) is 6.54 Å². The second-order valence-electron chi connectivity index (χ2n) is 4.00.